The third-order valence-electron chi connectivity index (χ3n) is 1.40. The van der Waals surface area contributed by atoms with Gasteiger partial charge in [0.15, 0.2) is 0 Å². The topological polar surface area (TPSA) is 49.7 Å². The van der Waals surface area contributed by atoms with Gasteiger partial charge in [-0.25, -0.2) is 4.39 Å². The molecule has 1 saturated heterocycles. The van der Waals surface area contributed by atoms with Crippen LogP contribution in [0.25, 0.3) is 0 Å². The van der Waals surface area contributed by atoms with Gasteiger partial charge in [0, 0.05) is 0 Å². The van der Waals surface area contributed by atoms with E-state index in [1.807, 2.05) is 0 Å². The summed E-state index contributed by atoms with van der Waals surface area (Å²) >= 11 is 2.85. The van der Waals surface area contributed by atoms with Gasteiger partial charge in [-0.2, -0.15) is 0 Å². The van der Waals surface area contributed by atoms with E-state index in [1.54, 1.807) is 0 Å². The van der Waals surface area contributed by atoms with Crippen molar-refractivity contribution >= 4 is 15.9 Å². The van der Waals surface area contributed by atoms with Crippen LogP contribution in [-0.2, 0) is 4.74 Å². The highest BCUT2D eigenvalue weighted by Crippen LogP contribution is 2.22. The van der Waals surface area contributed by atoms with Crippen molar-refractivity contribution in [3.8, 4) is 0 Å². The Balaban J connectivity index is 2.52. The summed E-state index contributed by atoms with van der Waals surface area (Å²) in [6.45, 7) is -0.148. The summed E-state index contributed by atoms with van der Waals surface area (Å²) in [4.78, 5) is -0.823. The molecule has 1 fully saturated rings. The van der Waals surface area contributed by atoms with Gasteiger partial charge in [-0.05, 0) is 0 Å². The first-order valence-corrected chi connectivity index (χ1v) is 3.80. The normalized spacial score (nSPS) is 49.2. The fourth-order valence-electron chi connectivity index (χ4n) is 0.748. The van der Waals surface area contributed by atoms with E-state index in [-0.39, 0.29) is 6.61 Å². The first kappa shape index (κ1) is 8.39. The predicted octanol–water partition coefficient (Wildman–Crippen LogP) is -0.202. The molecule has 60 valence electrons. The van der Waals surface area contributed by atoms with Crippen LogP contribution in [0.2, 0.25) is 0 Å². The molecule has 0 aliphatic carbocycles. The summed E-state index contributed by atoms with van der Waals surface area (Å²) in [6.07, 6.45) is -3.60. The van der Waals surface area contributed by atoms with E-state index in [4.69, 9.17) is 10.2 Å². The molecule has 10 heavy (non-hydrogen) atoms. The molecule has 1 rings (SSSR count). The SMILES string of the molecule is OC1COC(F)C(Br)C1O. The number of aliphatic hydroxyl groups is 2. The molecule has 1 aliphatic rings. The number of rotatable bonds is 0. The first-order chi connectivity index (χ1) is 4.63. The molecule has 1 heterocycles. The summed E-state index contributed by atoms with van der Waals surface area (Å²) < 4.78 is 16.9. The molecule has 0 aromatic carbocycles. The van der Waals surface area contributed by atoms with E-state index in [9.17, 15) is 4.39 Å². The highest BCUT2D eigenvalue weighted by atomic mass is 79.9. The van der Waals surface area contributed by atoms with Crippen LogP contribution in [0.3, 0.4) is 0 Å². The fourth-order valence-corrected chi connectivity index (χ4v) is 1.25. The minimum atomic E-state index is -1.53. The minimum absolute atomic E-state index is 0.148. The largest absolute Gasteiger partial charge is 0.389 e. The molecule has 0 bridgehead atoms. The Labute approximate surface area is 65.9 Å². The highest BCUT2D eigenvalue weighted by molar-refractivity contribution is 9.09. The average Bonchev–Trinajstić information content (AvgIpc) is 1.93. The van der Waals surface area contributed by atoms with E-state index < -0.39 is 23.4 Å². The van der Waals surface area contributed by atoms with E-state index in [0.29, 0.717) is 0 Å². The van der Waals surface area contributed by atoms with Crippen molar-refractivity contribution in [1.82, 2.24) is 0 Å². The van der Waals surface area contributed by atoms with Crippen molar-refractivity contribution in [3.05, 3.63) is 0 Å². The second-order valence-electron chi connectivity index (χ2n) is 2.19. The molecule has 1 aliphatic heterocycles. The molecule has 3 nitrogen and oxygen atoms in total. The molecular formula is C5H8BrFO3. The lowest BCUT2D eigenvalue weighted by Gasteiger charge is -2.30. The van der Waals surface area contributed by atoms with Gasteiger partial charge in [0.1, 0.15) is 6.10 Å². The average molecular weight is 215 g/mol. The molecule has 0 spiro atoms. The summed E-state index contributed by atoms with van der Waals surface area (Å²) in [5.74, 6) is 0. The van der Waals surface area contributed by atoms with Crippen LogP contribution in [0.4, 0.5) is 4.39 Å². The third-order valence-corrected chi connectivity index (χ3v) is 2.35. The molecule has 4 unspecified atom stereocenters. The molecule has 0 radical (unpaired) electrons. The minimum Gasteiger partial charge on any atom is -0.389 e. The number of ether oxygens (including phenoxy) is 1. The van der Waals surface area contributed by atoms with Crippen LogP contribution in [0.1, 0.15) is 0 Å². The van der Waals surface area contributed by atoms with Crippen LogP contribution in [0.15, 0.2) is 0 Å². The van der Waals surface area contributed by atoms with Crippen molar-refractivity contribution in [2.24, 2.45) is 0 Å². The van der Waals surface area contributed by atoms with Crippen LogP contribution < -0.4 is 0 Å². The Kier molecular flexibility index (Phi) is 2.62. The number of hydrogen-bond donors (Lipinski definition) is 2. The molecule has 0 saturated carbocycles. The Morgan fingerprint density at radius 2 is 2.10 bits per heavy atom. The summed E-state index contributed by atoms with van der Waals surface area (Å²) in [7, 11) is 0. The summed E-state index contributed by atoms with van der Waals surface area (Å²) in [6, 6.07) is 0. The second-order valence-corrected chi connectivity index (χ2v) is 3.24. The van der Waals surface area contributed by atoms with Gasteiger partial charge in [-0.15, -0.1) is 0 Å². The van der Waals surface area contributed by atoms with Crippen molar-refractivity contribution in [1.29, 1.82) is 0 Å². The lowest BCUT2D eigenvalue weighted by atomic mass is 10.1. The Bertz CT molecular complexity index is 109. The van der Waals surface area contributed by atoms with Crippen LogP contribution >= 0.6 is 15.9 Å². The number of hydrogen-bond acceptors (Lipinski definition) is 3. The number of alkyl halides is 2. The molecule has 0 aromatic heterocycles. The van der Waals surface area contributed by atoms with Crippen molar-refractivity contribution in [2.75, 3.05) is 6.61 Å². The van der Waals surface area contributed by atoms with Crippen LogP contribution in [-0.4, -0.2) is 40.2 Å². The van der Waals surface area contributed by atoms with Gasteiger partial charge in [-0.3, -0.25) is 0 Å². The lowest BCUT2D eigenvalue weighted by Crippen LogP contribution is -2.48. The molecular weight excluding hydrogens is 207 g/mol. The predicted molar refractivity (Wildman–Crippen MR) is 35.6 cm³/mol. The molecule has 5 heteroatoms. The van der Waals surface area contributed by atoms with E-state index in [2.05, 4.69) is 20.7 Å². The van der Waals surface area contributed by atoms with E-state index >= 15 is 0 Å². The highest BCUT2D eigenvalue weighted by Gasteiger charge is 2.36. The van der Waals surface area contributed by atoms with E-state index in [0.717, 1.165) is 0 Å². The molecule has 0 aromatic rings. The van der Waals surface area contributed by atoms with Crippen molar-refractivity contribution in [3.63, 3.8) is 0 Å². The number of halogens is 2. The molecule has 2 N–H and O–H groups in total. The summed E-state index contributed by atoms with van der Waals surface area (Å²) in [5.41, 5.74) is 0. The Morgan fingerprint density at radius 3 is 2.60 bits per heavy atom. The second kappa shape index (κ2) is 3.13. The summed E-state index contributed by atoms with van der Waals surface area (Å²) in [5, 5.41) is 17.9. The van der Waals surface area contributed by atoms with Crippen LogP contribution in [0.5, 0.6) is 0 Å². The van der Waals surface area contributed by atoms with E-state index in [1.165, 1.54) is 0 Å². The van der Waals surface area contributed by atoms with Crippen molar-refractivity contribution < 1.29 is 19.3 Å². The molecule has 0 amide bonds. The van der Waals surface area contributed by atoms with Gasteiger partial charge < -0.3 is 14.9 Å². The van der Waals surface area contributed by atoms with Gasteiger partial charge in [0.25, 0.3) is 0 Å². The fraction of sp³-hybridized carbons (Fsp3) is 1.00. The van der Waals surface area contributed by atoms with Gasteiger partial charge in [0.2, 0.25) is 6.36 Å². The maximum absolute atomic E-state index is 12.5. The number of aliphatic hydroxyl groups excluding tert-OH is 2. The standard InChI is InChI=1S/C5H8BrFO3/c6-3-4(9)2(8)1-10-5(3)7/h2-5,8-9H,1H2. The zero-order valence-corrected chi connectivity index (χ0v) is 6.66. The third kappa shape index (κ3) is 1.47. The zero-order chi connectivity index (χ0) is 7.72. The van der Waals surface area contributed by atoms with Crippen molar-refractivity contribution in [2.45, 2.75) is 23.4 Å². The van der Waals surface area contributed by atoms with Gasteiger partial charge in [-0.1, -0.05) is 15.9 Å². The maximum Gasteiger partial charge on any atom is 0.214 e. The molecule has 4 atom stereocenters. The zero-order valence-electron chi connectivity index (χ0n) is 5.08. The van der Waals surface area contributed by atoms with Gasteiger partial charge >= 0.3 is 0 Å². The lowest BCUT2D eigenvalue weighted by molar-refractivity contribution is -0.155. The van der Waals surface area contributed by atoms with Crippen LogP contribution in [0, 0.1) is 0 Å². The Morgan fingerprint density at radius 1 is 1.50 bits per heavy atom. The quantitative estimate of drug-likeness (QED) is 0.550. The smallest absolute Gasteiger partial charge is 0.214 e. The maximum atomic E-state index is 12.5. The van der Waals surface area contributed by atoms with Gasteiger partial charge in [0.05, 0.1) is 17.5 Å². The first-order valence-electron chi connectivity index (χ1n) is 2.89. The Hall–Kier alpha value is 0.290. The monoisotopic (exact) mass is 214 g/mol.